The number of hydrogen-bond acceptors (Lipinski definition) is 5. The van der Waals surface area contributed by atoms with Crippen LogP contribution in [0.5, 0.6) is 0 Å². The summed E-state index contributed by atoms with van der Waals surface area (Å²) in [6, 6.07) is 10.1. The predicted octanol–water partition coefficient (Wildman–Crippen LogP) is 2.87. The van der Waals surface area contributed by atoms with Gasteiger partial charge < -0.3 is 9.30 Å². The second kappa shape index (κ2) is 7.61. The molecule has 0 radical (unpaired) electrons. The first-order chi connectivity index (χ1) is 12.8. The molecule has 0 atom stereocenters. The van der Waals surface area contributed by atoms with E-state index in [0.29, 0.717) is 5.52 Å². The van der Waals surface area contributed by atoms with E-state index in [1.54, 1.807) is 0 Å². The lowest BCUT2D eigenvalue weighted by Gasteiger charge is -2.04. The van der Waals surface area contributed by atoms with Crippen molar-refractivity contribution in [3.8, 4) is 0 Å². The van der Waals surface area contributed by atoms with Crippen LogP contribution in [-0.4, -0.2) is 26.1 Å². The smallest absolute Gasteiger partial charge is 0.325 e. The van der Waals surface area contributed by atoms with Crippen LogP contribution in [0.2, 0.25) is 0 Å². The molecule has 27 heavy (non-hydrogen) atoms. The summed E-state index contributed by atoms with van der Waals surface area (Å²) in [5, 5.41) is 0. The highest BCUT2D eigenvalue weighted by atomic mass is 32.2. The number of ether oxygens (including phenoxy) is 1. The van der Waals surface area contributed by atoms with Crippen LogP contribution < -0.4 is 4.80 Å². The Bertz CT molecular complexity index is 1160. The van der Waals surface area contributed by atoms with E-state index >= 15 is 0 Å². The van der Waals surface area contributed by atoms with E-state index in [1.807, 2.05) is 25.1 Å². The molecule has 0 amide bonds. The fourth-order valence-electron chi connectivity index (χ4n) is 2.52. The molecule has 0 bridgehead atoms. The van der Waals surface area contributed by atoms with Crippen molar-refractivity contribution in [1.82, 2.24) is 4.57 Å². The van der Waals surface area contributed by atoms with Crippen molar-refractivity contribution in [2.24, 2.45) is 4.40 Å². The van der Waals surface area contributed by atoms with Crippen molar-refractivity contribution in [3.05, 3.63) is 58.6 Å². The van der Waals surface area contributed by atoms with Crippen LogP contribution in [0, 0.1) is 5.82 Å². The molecule has 0 aliphatic rings. The molecular formula is C18H17FN2O4S2. The number of carbonyl (C=O) groups is 1. The molecule has 1 heterocycles. The van der Waals surface area contributed by atoms with Gasteiger partial charge in [0, 0.05) is 0 Å². The molecule has 0 saturated heterocycles. The maximum Gasteiger partial charge on any atom is 0.325 e. The highest BCUT2D eigenvalue weighted by molar-refractivity contribution is 7.90. The number of benzene rings is 2. The summed E-state index contributed by atoms with van der Waals surface area (Å²) in [6.45, 7) is 1.85. The third kappa shape index (κ3) is 4.09. The van der Waals surface area contributed by atoms with Gasteiger partial charge in [0.05, 0.1) is 22.2 Å². The van der Waals surface area contributed by atoms with Gasteiger partial charge in [-0.1, -0.05) is 24.3 Å². The zero-order chi connectivity index (χ0) is 19.6. The van der Waals surface area contributed by atoms with Gasteiger partial charge in [-0.2, -0.15) is 8.42 Å². The van der Waals surface area contributed by atoms with Gasteiger partial charge in [-0.05, 0) is 48.4 Å². The summed E-state index contributed by atoms with van der Waals surface area (Å²) in [7, 11) is -2.80. The summed E-state index contributed by atoms with van der Waals surface area (Å²) >= 11 is 1.17. The number of fused-ring (bicyclic) bond motifs is 1. The molecule has 3 aromatic rings. The minimum atomic E-state index is -4.06. The van der Waals surface area contributed by atoms with E-state index in [2.05, 4.69) is 4.40 Å². The molecule has 2 aromatic carbocycles. The van der Waals surface area contributed by atoms with Crippen molar-refractivity contribution >= 4 is 37.5 Å². The largest absolute Gasteiger partial charge is 0.468 e. The highest BCUT2D eigenvalue weighted by Gasteiger charge is 2.16. The normalized spacial score (nSPS) is 12.5. The lowest BCUT2D eigenvalue weighted by Crippen LogP contribution is -2.22. The topological polar surface area (TPSA) is 77.7 Å². The minimum Gasteiger partial charge on any atom is -0.468 e. The van der Waals surface area contributed by atoms with Gasteiger partial charge in [-0.25, -0.2) is 4.39 Å². The number of sulfonamides is 1. The first-order valence-electron chi connectivity index (χ1n) is 8.09. The third-order valence-electron chi connectivity index (χ3n) is 3.98. The monoisotopic (exact) mass is 408 g/mol. The van der Waals surface area contributed by atoms with Gasteiger partial charge >= 0.3 is 5.97 Å². The molecule has 0 fully saturated rings. The van der Waals surface area contributed by atoms with Crippen molar-refractivity contribution in [1.29, 1.82) is 0 Å². The molecule has 142 valence electrons. The first kappa shape index (κ1) is 19.2. The number of thiazole rings is 1. The minimum absolute atomic E-state index is 0.125. The Morgan fingerprint density at radius 3 is 2.56 bits per heavy atom. The maximum atomic E-state index is 13.1. The number of halogens is 1. The molecule has 1 aromatic heterocycles. The average molecular weight is 408 g/mol. The number of nitrogens with zero attached hydrogens (tertiary/aromatic N) is 2. The fraction of sp³-hybridized carbons (Fsp3) is 0.222. The highest BCUT2D eigenvalue weighted by Crippen LogP contribution is 2.21. The van der Waals surface area contributed by atoms with Crippen LogP contribution in [0.3, 0.4) is 0 Å². The summed E-state index contributed by atoms with van der Waals surface area (Å²) in [5.74, 6) is -1.06. The number of esters is 1. The summed E-state index contributed by atoms with van der Waals surface area (Å²) < 4.78 is 49.2. The zero-order valence-electron chi connectivity index (χ0n) is 14.7. The molecule has 0 saturated carbocycles. The quantitative estimate of drug-likeness (QED) is 0.608. The van der Waals surface area contributed by atoms with Crippen LogP contribution in [0.4, 0.5) is 4.39 Å². The van der Waals surface area contributed by atoms with Crippen LogP contribution >= 0.6 is 11.3 Å². The van der Waals surface area contributed by atoms with Gasteiger partial charge in [0.1, 0.15) is 12.4 Å². The molecule has 9 heteroatoms. The van der Waals surface area contributed by atoms with Crippen molar-refractivity contribution in [2.45, 2.75) is 24.8 Å². The van der Waals surface area contributed by atoms with E-state index in [4.69, 9.17) is 4.74 Å². The van der Waals surface area contributed by atoms with E-state index in [1.165, 1.54) is 23.0 Å². The van der Waals surface area contributed by atoms with Crippen LogP contribution in [0.15, 0.2) is 51.8 Å². The zero-order valence-corrected chi connectivity index (χ0v) is 16.3. The van der Waals surface area contributed by atoms with Gasteiger partial charge in [-0.15, -0.1) is 4.40 Å². The number of hydrogen-bond donors (Lipinski definition) is 0. The Balaban J connectivity index is 2.21. The number of aryl methyl sites for hydroxylation is 1. The Hall–Kier alpha value is -2.52. The third-order valence-corrected chi connectivity index (χ3v) is 6.42. The summed E-state index contributed by atoms with van der Waals surface area (Å²) in [4.78, 5) is 11.8. The maximum absolute atomic E-state index is 13.1. The molecule has 0 spiro atoms. The number of rotatable bonds is 5. The fourth-order valence-corrected chi connectivity index (χ4v) is 4.81. The van der Waals surface area contributed by atoms with Gasteiger partial charge in [0.15, 0.2) is 0 Å². The number of methoxy groups -OCH3 is 1. The Labute approximate surface area is 159 Å². The average Bonchev–Trinajstić information content (AvgIpc) is 2.97. The van der Waals surface area contributed by atoms with Crippen molar-refractivity contribution < 1.29 is 22.3 Å². The first-order valence-corrected chi connectivity index (χ1v) is 10.4. The number of aromatic nitrogens is 1. The molecule has 0 aliphatic carbocycles. The van der Waals surface area contributed by atoms with Crippen molar-refractivity contribution in [3.63, 3.8) is 0 Å². The van der Waals surface area contributed by atoms with E-state index in [-0.39, 0.29) is 16.2 Å². The lowest BCUT2D eigenvalue weighted by molar-refractivity contribution is -0.141. The summed E-state index contributed by atoms with van der Waals surface area (Å²) in [5.41, 5.74) is 1.78. The SMILES string of the molecule is CCc1ccc2c(c1)s/c(=N\S(=O)(=O)c1ccc(F)cc1)n2CC(=O)OC. The van der Waals surface area contributed by atoms with Crippen molar-refractivity contribution in [2.75, 3.05) is 7.11 Å². The van der Waals surface area contributed by atoms with Crippen LogP contribution in [0.25, 0.3) is 10.2 Å². The number of carbonyl (C=O) groups excluding carboxylic acids is 1. The Morgan fingerprint density at radius 1 is 1.22 bits per heavy atom. The molecule has 0 unspecified atom stereocenters. The van der Waals surface area contributed by atoms with Crippen LogP contribution in [0.1, 0.15) is 12.5 Å². The van der Waals surface area contributed by atoms with E-state index in [0.717, 1.165) is 40.9 Å². The van der Waals surface area contributed by atoms with E-state index < -0.39 is 21.8 Å². The predicted molar refractivity (Wildman–Crippen MR) is 100 cm³/mol. The van der Waals surface area contributed by atoms with Gasteiger partial charge in [0.2, 0.25) is 4.80 Å². The molecule has 3 rings (SSSR count). The van der Waals surface area contributed by atoms with Gasteiger partial charge in [-0.3, -0.25) is 4.79 Å². The molecular weight excluding hydrogens is 391 g/mol. The van der Waals surface area contributed by atoms with E-state index in [9.17, 15) is 17.6 Å². The van der Waals surface area contributed by atoms with Crippen LogP contribution in [-0.2, 0) is 32.5 Å². The standard InChI is InChI=1S/C18H17FN2O4S2/c1-3-12-4-9-15-16(10-12)26-18(21(15)11-17(22)25-2)20-27(23,24)14-7-5-13(19)6-8-14/h4-10H,3,11H2,1-2H3/b20-18-. The second-order valence-electron chi connectivity index (χ2n) is 5.72. The lowest BCUT2D eigenvalue weighted by atomic mass is 10.2. The molecule has 0 aliphatic heterocycles. The Kier molecular flexibility index (Phi) is 5.43. The molecule has 0 N–H and O–H groups in total. The molecule has 6 nitrogen and oxygen atoms in total. The summed E-state index contributed by atoms with van der Waals surface area (Å²) in [6.07, 6.45) is 0.825. The Morgan fingerprint density at radius 2 is 1.93 bits per heavy atom. The van der Waals surface area contributed by atoms with Gasteiger partial charge in [0.25, 0.3) is 10.0 Å². The second-order valence-corrected chi connectivity index (χ2v) is 8.34.